The number of fused-ring (bicyclic) bond motifs is 1. The van der Waals surface area contributed by atoms with Crippen molar-refractivity contribution in [2.75, 3.05) is 32.8 Å². The summed E-state index contributed by atoms with van der Waals surface area (Å²) >= 11 is 0. The number of carbonyl (C=O) groups is 1. The highest BCUT2D eigenvalue weighted by molar-refractivity contribution is 5.85. The van der Waals surface area contributed by atoms with Crippen LogP contribution in [0.15, 0.2) is 24.3 Å². The summed E-state index contributed by atoms with van der Waals surface area (Å²) < 4.78 is 11.1. The van der Waals surface area contributed by atoms with E-state index in [9.17, 15) is 4.79 Å². The van der Waals surface area contributed by atoms with Crippen molar-refractivity contribution in [3.8, 4) is 5.75 Å². The van der Waals surface area contributed by atoms with E-state index < -0.39 is 0 Å². The van der Waals surface area contributed by atoms with Gasteiger partial charge in [0, 0.05) is 25.2 Å². The summed E-state index contributed by atoms with van der Waals surface area (Å²) in [6, 6.07) is 7.80. The molecule has 1 amide bonds. The SMILES string of the molecule is NC[C@@H]1CN(C(=O)[C@@H]2CCOc3ccccc32)CCO1. The molecule has 3 rings (SSSR count). The second kappa shape index (κ2) is 5.81. The van der Waals surface area contributed by atoms with Gasteiger partial charge in [0.25, 0.3) is 0 Å². The maximum atomic E-state index is 12.8. The number of rotatable bonds is 2. The van der Waals surface area contributed by atoms with E-state index in [1.165, 1.54) is 0 Å². The largest absolute Gasteiger partial charge is 0.493 e. The first kappa shape index (κ1) is 13.4. The number of ether oxygens (including phenoxy) is 2. The van der Waals surface area contributed by atoms with Gasteiger partial charge in [0.1, 0.15) is 5.75 Å². The molecule has 0 radical (unpaired) electrons. The van der Waals surface area contributed by atoms with Gasteiger partial charge < -0.3 is 20.1 Å². The molecule has 0 aromatic heterocycles. The molecule has 1 fully saturated rings. The van der Waals surface area contributed by atoms with Crippen molar-refractivity contribution in [3.63, 3.8) is 0 Å². The zero-order valence-electron chi connectivity index (χ0n) is 11.5. The van der Waals surface area contributed by atoms with Gasteiger partial charge in [-0.15, -0.1) is 0 Å². The molecule has 108 valence electrons. The molecule has 20 heavy (non-hydrogen) atoms. The Morgan fingerprint density at radius 3 is 3.05 bits per heavy atom. The van der Waals surface area contributed by atoms with E-state index in [2.05, 4.69) is 0 Å². The fraction of sp³-hybridized carbons (Fsp3) is 0.533. The molecule has 0 bridgehead atoms. The van der Waals surface area contributed by atoms with Crippen LogP contribution in [0, 0.1) is 0 Å². The zero-order chi connectivity index (χ0) is 13.9. The van der Waals surface area contributed by atoms with Crippen LogP contribution in [0.4, 0.5) is 0 Å². The number of amides is 1. The zero-order valence-corrected chi connectivity index (χ0v) is 11.5. The number of hydrogen-bond donors (Lipinski definition) is 1. The number of hydrogen-bond acceptors (Lipinski definition) is 4. The molecule has 0 saturated carbocycles. The lowest BCUT2D eigenvalue weighted by Gasteiger charge is -2.36. The molecule has 1 aromatic rings. The van der Waals surface area contributed by atoms with Crippen molar-refractivity contribution in [2.24, 2.45) is 5.73 Å². The smallest absolute Gasteiger partial charge is 0.230 e. The van der Waals surface area contributed by atoms with Crippen LogP contribution in [0.5, 0.6) is 5.75 Å². The fourth-order valence-electron chi connectivity index (χ4n) is 2.88. The van der Waals surface area contributed by atoms with Crippen LogP contribution in [0.25, 0.3) is 0 Å². The summed E-state index contributed by atoms with van der Waals surface area (Å²) in [5, 5.41) is 0. The van der Waals surface area contributed by atoms with Gasteiger partial charge in [0.15, 0.2) is 0 Å². The summed E-state index contributed by atoms with van der Waals surface area (Å²) in [4.78, 5) is 14.6. The van der Waals surface area contributed by atoms with Crippen molar-refractivity contribution in [2.45, 2.75) is 18.4 Å². The Balaban J connectivity index is 1.78. The highest BCUT2D eigenvalue weighted by Crippen LogP contribution is 2.34. The maximum Gasteiger partial charge on any atom is 0.230 e. The van der Waals surface area contributed by atoms with Gasteiger partial charge in [0.2, 0.25) is 5.91 Å². The third-order valence-corrected chi connectivity index (χ3v) is 3.97. The second-order valence-corrected chi connectivity index (χ2v) is 5.24. The van der Waals surface area contributed by atoms with Crippen molar-refractivity contribution < 1.29 is 14.3 Å². The molecule has 0 unspecified atom stereocenters. The van der Waals surface area contributed by atoms with E-state index in [1.54, 1.807) is 0 Å². The van der Waals surface area contributed by atoms with E-state index in [0.29, 0.717) is 32.8 Å². The van der Waals surface area contributed by atoms with Crippen molar-refractivity contribution in [1.29, 1.82) is 0 Å². The minimum Gasteiger partial charge on any atom is -0.493 e. The van der Waals surface area contributed by atoms with Crippen LogP contribution in [-0.4, -0.2) is 49.8 Å². The molecule has 0 spiro atoms. The molecular weight excluding hydrogens is 256 g/mol. The van der Waals surface area contributed by atoms with Crippen LogP contribution >= 0.6 is 0 Å². The summed E-state index contributed by atoms with van der Waals surface area (Å²) in [6.07, 6.45) is 0.698. The van der Waals surface area contributed by atoms with E-state index in [0.717, 1.165) is 17.7 Å². The lowest BCUT2D eigenvalue weighted by molar-refractivity contribution is -0.140. The van der Waals surface area contributed by atoms with Gasteiger partial charge in [-0.25, -0.2) is 0 Å². The predicted molar refractivity (Wildman–Crippen MR) is 74.7 cm³/mol. The van der Waals surface area contributed by atoms with Crippen LogP contribution in [-0.2, 0) is 9.53 Å². The Morgan fingerprint density at radius 1 is 1.35 bits per heavy atom. The van der Waals surface area contributed by atoms with E-state index >= 15 is 0 Å². The molecule has 5 nitrogen and oxygen atoms in total. The van der Waals surface area contributed by atoms with E-state index in [-0.39, 0.29) is 17.9 Å². The first-order valence-corrected chi connectivity index (χ1v) is 7.12. The van der Waals surface area contributed by atoms with Crippen LogP contribution in [0.3, 0.4) is 0 Å². The van der Waals surface area contributed by atoms with E-state index in [4.69, 9.17) is 15.2 Å². The number of benzene rings is 1. The minimum atomic E-state index is -0.100. The first-order chi connectivity index (χ1) is 9.79. The quantitative estimate of drug-likeness (QED) is 0.865. The summed E-state index contributed by atoms with van der Waals surface area (Å²) in [5.74, 6) is 0.903. The molecule has 2 N–H and O–H groups in total. The molecule has 5 heteroatoms. The average molecular weight is 276 g/mol. The van der Waals surface area contributed by atoms with Gasteiger partial charge in [-0.3, -0.25) is 4.79 Å². The maximum absolute atomic E-state index is 12.8. The molecule has 1 saturated heterocycles. The third-order valence-electron chi connectivity index (χ3n) is 3.97. The van der Waals surface area contributed by atoms with Gasteiger partial charge >= 0.3 is 0 Å². The van der Waals surface area contributed by atoms with Gasteiger partial charge in [-0.05, 0) is 12.5 Å². The molecule has 2 aliphatic heterocycles. The van der Waals surface area contributed by atoms with Crippen LogP contribution in [0.2, 0.25) is 0 Å². The Hall–Kier alpha value is -1.59. The normalized spacial score (nSPS) is 25.8. The monoisotopic (exact) mass is 276 g/mol. The number of para-hydroxylation sites is 1. The number of nitrogens with zero attached hydrogens (tertiary/aromatic N) is 1. The summed E-state index contributed by atoms with van der Waals surface area (Å²) in [5.41, 5.74) is 6.64. The lowest BCUT2D eigenvalue weighted by Crippen LogP contribution is -2.49. The first-order valence-electron chi connectivity index (χ1n) is 7.12. The van der Waals surface area contributed by atoms with Crippen molar-refractivity contribution in [3.05, 3.63) is 29.8 Å². The number of carbonyl (C=O) groups excluding carboxylic acids is 1. The molecule has 2 atom stereocenters. The van der Waals surface area contributed by atoms with Gasteiger partial charge in [-0.1, -0.05) is 18.2 Å². The standard InChI is InChI=1S/C15H20N2O3/c16-9-11-10-17(6-8-19-11)15(18)13-5-7-20-14-4-2-1-3-12(13)14/h1-4,11,13H,5-10,16H2/t11-,13-/m1/s1. The van der Waals surface area contributed by atoms with Gasteiger partial charge in [-0.2, -0.15) is 0 Å². The second-order valence-electron chi connectivity index (χ2n) is 5.24. The van der Waals surface area contributed by atoms with Crippen LogP contribution < -0.4 is 10.5 Å². The Morgan fingerprint density at radius 2 is 2.20 bits per heavy atom. The third kappa shape index (κ3) is 2.51. The molecule has 0 aliphatic carbocycles. The average Bonchev–Trinajstić information content (AvgIpc) is 2.53. The minimum absolute atomic E-state index is 0.0391. The Labute approximate surface area is 118 Å². The van der Waals surface area contributed by atoms with Crippen molar-refractivity contribution in [1.82, 2.24) is 4.90 Å². The molecule has 2 aliphatic rings. The van der Waals surface area contributed by atoms with Crippen LogP contribution in [0.1, 0.15) is 17.9 Å². The summed E-state index contributed by atoms with van der Waals surface area (Å²) in [6.45, 7) is 2.86. The Kier molecular flexibility index (Phi) is 3.89. The topological polar surface area (TPSA) is 64.8 Å². The number of nitrogens with two attached hydrogens (primary N) is 1. The molecular formula is C15H20N2O3. The highest BCUT2D eigenvalue weighted by atomic mass is 16.5. The molecule has 1 aromatic carbocycles. The summed E-state index contributed by atoms with van der Waals surface area (Å²) in [7, 11) is 0. The highest BCUT2D eigenvalue weighted by Gasteiger charge is 2.33. The van der Waals surface area contributed by atoms with E-state index in [1.807, 2.05) is 29.2 Å². The van der Waals surface area contributed by atoms with Gasteiger partial charge in [0.05, 0.1) is 25.2 Å². The fourth-order valence-corrected chi connectivity index (χ4v) is 2.88. The molecule has 2 heterocycles. The Bertz CT molecular complexity index is 492. The number of morpholine rings is 1. The van der Waals surface area contributed by atoms with Crippen molar-refractivity contribution >= 4 is 5.91 Å². The predicted octanol–water partition coefficient (Wildman–Crippen LogP) is 0.739. The lowest BCUT2D eigenvalue weighted by atomic mass is 9.91.